The Kier molecular flexibility index (Phi) is 6.09. The Labute approximate surface area is 181 Å². The average Bonchev–Trinajstić information content (AvgIpc) is 3.37. The summed E-state index contributed by atoms with van der Waals surface area (Å²) in [6.45, 7) is 1.73. The van der Waals surface area contributed by atoms with E-state index in [0.717, 1.165) is 31.5 Å². The summed E-state index contributed by atoms with van der Waals surface area (Å²) >= 11 is 0. The van der Waals surface area contributed by atoms with Crippen molar-refractivity contribution in [2.45, 2.75) is 19.4 Å². The zero-order chi connectivity index (χ0) is 21.6. The fourth-order valence-corrected chi connectivity index (χ4v) is 3.78. The van der Waals surface area contributed by atoms with E-state index in [0.29, 0.717) is 27.8 Å². The van der Waals surface area contributed by atoms with Crippen molar-refractivity contribution in [3.63, 3.8) is 0 Å². The summed E-state index contributed by atoms with van der Waals surface area (Å²) in [4.78, 5) is 27.1. The summed E-state index contributed by atoms with van der Waals surface area (Å²) in [7, 11) is 0. The van der Waals surface area contributed by atoms with E-state index in [1.807, 2.05) is 41.3 Å². The SMILES string of the molecule is N#Cc1ccccc1-c1ccccc1C(=O)OCc1ccc(C(=O)N2CCCC2)cc1. The van der Waals surface area contributed by atoms with Crippen LogP contribution in [0.1, 0.15) is 44.7 Å². The quantitative estimate of drug-likeness (QED) is 0.566. The monoisotopic (exact) mass is 410 g/mol. The lowest BCUT2D eigenvalue weighted by atomic mass is 9.96. The summed E-state index contributed by atoms with van der Waals surface area (Å²) in [5.41, 5.74) is 3.72. The predicted octanol–water partition coefficient (Wildman–Crippen LogP) is 4.82. The van der Waals surface area contributed by atoms with Gasteiger partial charge in [0.2, 0.25) is 0 Å². The van der Waals surface area contributed by atoms with Gasteiger partial charge in [-0.15, -0.1) is 0 Å². The van der Waals surface area contributed by atoms with Crippen molar-refractivity contribution in [2.75, 3.05) is 13.1 Å². The minimum atomic E-state index is -0.458. The lowest BCUT2D eigenvalue weighted by Crippen LogP contribution is -2.27. The van der Waals surface area contributed by atoms with Crippen molar-refractivity contribution < 1.29 is 14.3 Å². The van der Waals surface area contributed by atoms with E-state index >= 15 is 0 Å². The molecule has 0 unspecified atom stereocenters. The summed E-state index contributed by atoms with van der Waals surface area (Å²) in [5, 5.41) is 9.40. The number of likely N-dealkylation sites (tertiary alicyclic amines) is 1. The normalized spacial score (nSPS) is 12.9. The van der Waals surface area contributed by atoms with Crippen LogP contribution in [0.15, 0.2) is 72.8 Å². The number of hydrogen-bond donors (Lipinski definition) is 0. The fourth-order valence-electron chi connectivity index (χ4n) is 3.78. The first kappa shape index (κ1) is 20.4. The smallest absolute Gasteiger partial charge is 0.339 e. The van der Waals surface area contributed by atoms with E-state index in [4.69, 9.17) is 4.74 Å². The molecular weight excluding hydrogens is 388 g/mol. The van der Waals surface area contributed by atoms with Crippen molar-refractivity contribution >= 4 is 11.9 Å². The maximum absolute atomic E-state index is 12.8. The first-order chi connectivity index (χ1) is 15.2. The highest BCUT2D eigenvalue weighted by atomic mass is 16.5. The number of carbonyl (C=O) groups excluding carboxylic acids is 2. The van der Waals surface area contributed by atoms with E-state index in [-0.39, 0.29) is 12.5 Å². The zero-order valence-corrected chi connectivity index (χ0v) is 17.1. The molecule has 1 heterocycles. The van der Waals surface area contributed by atoms with Gasteiger partial charge in [0.15, 0.2) is 0 Å². The van der Waals surface area contributed by atoms with Crippen molar-refractivity contribution in [3.05, 3.63) is 95.1 Å². The van der Waals surface area contributed by atoms with Gasteiger partial charge in [-0.1, -0.05) is 48.5 Å². The second-order valence-corrected chi connectivity index (χ2v) is 7.48. The largest absolute Gasteiger partial charge is 0.457 e. The van der Waals surface area contributed by atoms with Crippen molar-refractivity contribution in [3.8, 4) is 17.2 Å². The van der Waals surface area contributed by atoms with Gasteiger partial charge in [0.05, 0.1) is 17.2 Å². The van der Waals surface area contributed by atoms with Crippen LogP contribution in [0, 0.1) is 11.3 Å². The van der Waals surface area contributed by atoms with E-state index in [9.17, 15) is 14.9 Å². The van der Waals surface area contributed by atoms with Gasteiger partial charge >= 0.3 is 5.97 Å². The van der Waals surface area contributed by atoms with Crippen LogP contribution < -0.4 is 0 Å². The number of amides is 1. The second-order valence-electron chi connectivity index (χ2n) is 7.48. The van der Waals surface area contributed by atoms with Crippen LogP contribution in [-0.2, 0) is 11.3 Å². The maximum atomic E-state index is 12.8. The predicted molar refractivity (Wildman–Crippen MR) is 117 cm³/mol. The molecule has 1 fully saturated rings. The highest BCUT2D eigenvalue weighted by molar-refractivity contribution is 5.98. The molecule has 1 saturated heterocycles. The Morgan fingerprint density at radius 1 is 0.871 bits per heavy atom. The number of benzene rings is 3. The Hall–Kier alpha value is -3.91. The molecule has 154 valence electrons. The molecule has 0 bridgehead atoms. The molecule has 1 aliphatic heterocycles. The number of hydrogen-bond acceptors (Lipinski definition) is 4. The Balaban J connectivity index is 1.46. The summed E-state index contributed by atoms with van der Waals surface area (Å²) in [5.74, 6) is -0.410. The van der Waals surface area contributed by atoms with Crippen LogP contribution in [0.5, 0.6) is 0 Å². The number of carbonyl (C=O) groups is 2. The van der Waals surface area contributed by atoms with Gasteiger partial charge < -0.3 is 9.64 Å². The Morgan fingerprint density at radius 3 is 2.23 bits per heavy atom. The molecular formula is C26H22N2O3. The first-order valence-corrected chi connectivity index (χ1v) is 10.3. The molecule has 0 aromatic heterocycles. The number of rotatable bonds is 5. The fraction of sp³-hybridized carbons (Fsp3) is 0.192. The van der Waals surface area contributed by atoms with Crippen LogP contribution in [0.25, 0.3) is 11.1 Å². The highest BCUT2D eigenvalue weighted by Gasteiger charge is 2.19. The van der Waals surface area contributed by atoms with Crippen molar-refractivity contribution in [2.24, 2.45) is 0 Å². The second kappa shape index (κ2) is 9.27. The van der Waals surface area contributed by atoms with Gasteiger partial charge in [-0.3, -0.25) is 4.79 Å². The third-order valence-electron chi connectivity index (χ3n) is 5.45. The van der Waals surface area contributed by atoms with E-state index < -0.39 is 5.97 Å². The average molecular weight is 410 g/mol. The molecule has 0 atom stereocenters. The molecule has 0 aliphatic carbocycles. The summed E-state index contributed by atoms with van der Waals surface area (Å²) in [6, 6.07) is 23.6. The standard InChI is InChI=1S/C26H22N2O3/c27-17-21-7-1-2-8-22(21)23-9-3-4-10-24(23)26(30)31-18-19-11-13-20(14-12-19)25(29)28-15-5-6-16-28/h1-4,7-14H,5-6,15-16,18H2. The molecule has 3 aromatic carbocycles. The molecule has 5 heteroatoms. The van der Waals surface area contributed by atoms with Crippen LogP contribution in [0.3, 0.4) is 0 Å². The van der Waals surface area contributed by atoms with Crippen LogP contribution in [0.4, 0.5) is 0 Å². The lowest BCUT2D eigenvalue weighted by Gasteiger charge is -2.15. The maximum Gasteiger partial charge on any atom is 0.339 e. The molecule has 0 spiro atoms. The molecule has 0 radical (unpaired) electrons. The minimum Gasteiger partial charge on any atom is -0.457 e. The van der Waals surface area contributed by atoms with Crippen LogP contribution >= 0.6 is 0 Å². The summed E-state index contributed by atoms with van der Waals surface area (Å²) < 4.78 is 5.53. The molecule has 0 saturated carbocycles. The third kappa shape index (κ3) is 4.49. The third-order valence-corrected chi connectivity index (χ3v) is 5.45. The zero-order valence-electron chi connectivity index (χ0n) is 17.1. The Morgan fingerprint density at radius 2 is 1.52 bits per heavy atom. The molecule has 1 amide bonds. The first-order valence-electron chi connectivity index (χ1n) is 10.3. The molecule has 3 aromatic rings. The summed E-state index contributed by atoms with van der Waals surface area (Å²) in [6.07, 6.45) is 2.11. The van der Waals surface area contributed by atoms with Gasteiger partial charge in [-0.05, 0) is 48.2 Å². The van der Waals surface area contributed by atoms with Gasteiger partial charge in [0.25, 0.3) is 5.91 Å². The van der Waals surface area contributed by atoms with Crippen molar-refractivity contribution in [1.82, 2.24) is 4.90 Å². The number of nitrogens with zero attached hydrogens (tertiary/aromatic N) is 2. The highest BCUT2D eigenvalue weighted by Crippen LogP contribution is 2.27. The van der Waals surface area contributed by atoms with Crippen LogP contribution in [-0.4, -0.2) is 29.9 Å². The molecule has 4 rings (SSSR count). The van der Waals surface area contributed by atoms with E-state index in [1.54, 1.807) is 36.4 Å². The number of ether oxygens (including phenoxy) is 1. The van der Waals surface area contributed by atoms with Gasteiger partial charge in [0, 0.05) is 24.2 Å². The molecule has 0 N–H and O–H groups in total. The van der Waals surface area contributed by atoms with E-state index in [1.165, 1.54) is 0 Å². The lowest BCUT2D eigenvalue weighted by molar-refractivity contribution is 0.0473. The molecule has 31 heavy (non-hydrogen) atoms. The number of nitriles is 1. The Bertz CT molecular complexity index is 1140. The number of esters is 1. The van der Waals surface area contributed by atoms with Gasteiger partial charge in [-0.2, -0.15) is 5.26 Å². The van der Waals surface area contributed by atoms with E-state index in [2.05, 4.69) is 6.07 Å². The van der Waals surface area contributed by atoms with Gasteiger partial charge in [0.1, 0.15) is 6.61 Å². The van der Waals surface area contributed by atoms with Crippen LogP contribution in [0.2, 0.25) is 0 Å². The molecule has 5 nitrogen and oxygen atoms in total. The van der Waals surface area contributed by atoms with Crippen molar-refractivity contribution in [1.29, 1.82) is 5.26 Å². The minimum absolute atomic E-state index is 0.0473. The van der Waals surface area contributed by atoms with Gasteiger partial charge in [-0.25, -0.2) is 4.79 Å². The topological polar surface area (TPSA) is 70.4 Å². The molecule has 1 aliphatic rings.